The predicted molar refractivity (Wildman–Crippen MR) is 291 cm³/mol. The fourth-order valence-corrected chi connectivity index (χ4v) is 10.7. The third-order valence-electron chi connectivity index (χ3n) is 14.7. The minimum Gasteiger partial charge on any atom is -0.472 e. The molecule has 2 aliphatic carbocycles. The number of hydrogen-bond acceptors (Lipinski definition) is 17. The van der Waals surface area contributed by atoms with Gasteiger partial charge in [0.15, 0.2) is 10.0 Å². The Labute approximate surface area is 475 Å². The molecular formula is C58H46F6N10O7S2. The zero-order valence-electron chi connectivity index (χ0n) is 44.1. The summed E-state index contributed by atoms with van der Waals surface area (Å²) in [6.45, 7) is -1.02. The first-order valence-electron chi connectivity index (χ1n) is 26.0. The summed E-state index contributed by atoms with van der Waals surface area (Å²) in [5.41, 5.74) is -0.167. The van der Waals surface area contributed by atoms with Gasteiger partial charge in [0.1, 0.15) is 48.1 Å². The quantitative estimate of drug-likeness (QED) is 0.0353. The van der Waals surface area contributed by atoms with E-state index in [2.05, 4.69) is 30.4 Å². The van der Waals surface area contributed by atoms with Gasteiger partial charge in [-0.05, 0) is 110 Å². The van der Waals surface area contributed by atoms with Crippen LogP contribution in [0.25, 0.3) is 44.6 Å². The third kappa shape index (κ3) is 11.5. The maximum atomic E-state index is 16.1. The van der Waals surface area contributed by atoms with Gasteiger partial charge in [-0.3, -0.25) is 8.78 Å². The molecule has 0 amide bonds. The molecule has 0 bridgehead atoms. The molecule has 0 spiro atoms. The second-order valence-corrected chi connectivity index (χ2v) is 22.5. The molecule has 0 atom stereocenters. The lowest BCUT2D eigenvalue weighted by molar-refractivity contribution is 0.0397. The number of alkyl halides is 2. The van der Waals surface area contributed by atoms with Gasteiger partial charge < -0.3 is 32.8 Å². The van der Waals surface area contributed by atoms with Gasteiger partial charge in [0, 0.05) is 60.0 Å². The first-order valence-corrected chi connectivity index (χ1v) is 27.6. The minimum absolute atomic E-state index is 0.0202. The molecule has 2 saturated carbocycles. The summed E-state index contributed by atoms with van der Waals surface area (Å²) in [7, 11) is 2.93. The van der Waals surface area contributed by atoms with Crippen LogP contribution in [0.15, 0.2) is 97.1 Å². The second kappa shape index (κ2) is 22.5. The van der Waals surface area contributed by atoms with E-state index in [9.17, 15) is 18.4 Å². The Balaban J connectivity index is 0.771. The van der Waals surface area contributed by atoms with Crippen molar-refractivity contribution in [3.05, 3.63) is 164 Å². The van der Waals surface area contributed by atoms with Crippen LogP contribution in [0, 0.1) is 34.1 Å². The number of esters is 2. The summed E-state index contributed by atoms with van der Waals surface area (Å²) in [4.78, 5) is 45.9. The van der Waals surface area contributed by atoms with Crippen LogP contribution >= 0.6 is 22.7 Å². The molecule has 0 saturated heterocycles. The number of pyridine rings is 2. The average Bonchev–Trinajstić information content (AvgIpc) is 4.13. The summed E-state index contributed by atoms with van der Waals surface area (Å²) in [6.07, 6.45) is 1.86. The molecule has 0 N–H and O–H groups in total. The van der Waals surface area contributed by atoms with Gasteiger partial charge >= 0.3 is 11.9 Å². The Bertz CT molecular complexity index is 3880. The van der Waals surface area contributed by atoms with Crippen LogP contribution in [0.2, 0.25) is 0 Å². The number of nitrogens with zero attached hydrogens (tertiary/aromatic N) is 10. The highest BCUT2D eigenvalue weighted by Gasteiger charge is 2.45. The number of halogens is 6. The lowest BCUT2D eigenvalue weighted by Gasteiger charge is -2.16. The predicted octanol–water partition coefficient (Wildman–Crippen LogP) is 11.6. The monoisotopic (exact) mass is 1170 g/mol. The number of imidazole rings is 2. The van der Waals surface area contributed by atoms with E-state index < -0.39 is 59.4 Å². The Kier molecular flexibility index (Phi) is 14.8. The van der Waals surface area contributed by atoms with E-state index in [4.69, 9.17) is 33.7 Å². The van der Waals surface area contributed by atoms with E-state index in [-0.39, 0.29) is 107 Å². The molecule has 2 aliphatic rings. The summed E-state index contributed by atoms with van der Waals surface area (Å²) in [6, 6.07) is 22.3. The Morgan fingerprint density at radius 1 is 0.542 bits per heavy atom. The first kappa shape index (κ1) is 54.7. The standard InChI is InChI=1S/C58H46F6N10O7S2/c1-77-55-71-69-51(82-55)25-79-49-7-3-5-41(67-49)35-23-37(61)33(17-39(35)63)21-47-65-43-11-9-31(19-45(43)73(47)29-57(27-59)13-14-57)53(75)81-54(76)32-10-12-44-46(20-32)74(30-58(28-60)15-16-58)48(66-44)22-34-18-40(64)36(24-38(34)62)42-6-4-8-50(68-42)80-26-52-70-72-56(78-2)83-52/h3-12,17-20,23-24H,13-16,21-22,25-30H2,1-2H3. The Morgan fingerprint density at radius 2 is 0.976 bits per heavy atom. The average molecular weight is 1170 g/mol. The zero-order valence-corrected chi connectivity index (χ0v) is 45.8. The molecule has 17 nitrogen and oxygen atoms in total. The molecule has 2 fully saturated rings. The largest absolute Gasteiger partial charge is 0.472 e. The highest BCUT2D eigenvalue weighted by molar-refractivity contribution is 7.13. The number of benzene rings is 4. The van der Waals surface area contributed by atoms with Crippen LogP contribution in [0.1, 0.15) is 79.2 Å². The van der Waals surface area contributed by atoms with Gasteiger partial charge in [-0.1, -0.05) is 45.0 Å². The maximum Gasteiger partial charge on any atom is 0.346 e. The zero-order chi connectivity index (χ0) is 57.6. The van der Waals surface area contributed by atoms with Crippen molar-refractivity contribution in [3.63, 3.8) is 0 Å². The third-order valence-corrected chi connectivity index (χ3v) is 16.4. The van der Waals surface area contributed by atoms with Crippen molar-refractivity contribution in [3.8, 4) is 44.7 Å². The van der Waals surface area contributed by atoms with E-state index in [1.165, 1.54) is 85.4 Å². The van der Waals surface area contributed by atoms with Gasteiger partial charge in [0.25, 0.3) is 10.4 Å². The van der Waals surface area contributed by atoms with Gasteiger partial charge in [-0.15, -0.1) is 10.2 Å². The molecule has 6 aromatic heterocycles. The molecule has 12 rings (SSSR count). The lowest BCUT2D eigenvalue weighted by atomic mass is 10.0. The van der Waals surface area contributed by atoms with Crippen LogP contribution in [-0.4, -0.2) is 89.0 Å². The van der Waals surface area contributed by atoms with Crippen molar-refractivity contribution in [1.29, 1.82) is 0 Å². The SMILES string of the molecule is COc1nnc(COc2cccc(-c3cc(F)c(Cc4nc5ccc(C(=O)OC(=O)c6ccc7nc(Cc8cc(F)c(-c9cccc(OCc%10nnc(OC)s%10)n9)cc8F)n(CC8(CF)CC8)c7c6)cc5n4CC4(CF)CC4)cc3F)n2)s1. The molecule has 25 heteroatoms. The van der Waals surface area contributed by atoms with Gasteiger partial charge in [0.05, 0.1) is 72.2 Å². The molecule has 0 aliphatic heterocycles. The highest BCUT2D eigenvalue weighted by atomic mass is 32.1. The summed E-state index contributed by atoms with van der Waals surface area (Å²) < 4.78 is 124. The molecule has 4 aromatic carbocycles. The maximum absolute atomic E-state index is 16.1. The number of carbonyl (C=O) groups is 2. The van der Waals surface area contributed by atoms with Crippen LogP contribution in [0.4, 0.5) is 26.3 Å². The van der Waals surface area contributed by atoms with Crippen molar-refractivity contribution in [2.24, 2.45) is 10.8 Å². The van der Waals surface area contributed by atoms with Crippen LogP contribution < -0.4 is 18.9 Å². The Hall–Kier alpha value is -8.84. The molecule has 0 unspecified atom stereocenters. The molecule has 10 aromatic rings. The topological polar surface area (TPSA) is 193 Å². The normalized spacial score (nSPS) is 14.0. The van der Waals surface area contributed by atoms with Gasteiger partial charge in [-0.2, -0.15) is 0 Å². The number of methoxy groups -OCH3 is 2. The van der Waals surface area contributed by atoms with Crippen molar-refractivity contribution in [2.45, 2.75) is 64.8 Å². The van der Waals surface area contributed by atoms with Gasteiger partial charge in [-0.25, -0.2) is 47.1 Å². The minimum atomic E-state index is -1.03. The summed E-state index contributed by atoms with van der Waals surface area (Å²) >= 11 is 2.37. The van der Waals surface area contributed by atoms with E-state index >= 15 is 17.6 Å². The highest BCUT2D eigenvalue weighted by Crippen LogP contribution is 2.49. The fraction of sp³-hybridized carbons (Fsp3) is 0.276. The van der Waals surface area contributed by atoms with Crippen molar-refractivity contribution in [2.75, 3.05) is 27.6 Å². The molecule has 83 heavy (non-hydrogen) atoms. The number of aromatic nitrogens is 10. The van der Waals surface area contributed by atoms with Crippen LogP contribution in [-0.2, 0) is 43.9 Å². The summed E-state index contributed by atoms with van der Waals surface area (Å²) in [5.74, 6) is -4.26. The molecular weight excluding hydrogens is 1130 g/mol. The van der Waals surface area contributed by atoms with E-state index in [1.54, 1.807) is 33.4 Å². The Morgan fingerprint density at radius 3 is 1.36 bits per heavy atom. The number of hydrogen-bond donors (Lipinski definition) is 0. The van der Waals surface area contributed by atoms with Crippen LogP contribution in [0.3, 0.4) is 0 Å². The van der Waals surface area contributed by atoms with Crippen molar-refractivity contribution in [1.82, 2.24) is 49.5 Å². The number of ether oxygens (including phenoxy) is 5. The van der Waals surface area contributed by atoms with E-state index in [0.29, 0.717) is 68.2 Å². The number of rotatable bonds is 22. The molecule has 6 heterocycles. The molecule has 0 radical (unpaired) electrons. The van der Waals surface area contributed by atoms with Crippen molar-refractivity contribution < 1.29 is 59.6 Å². The smallest absolute Gasteiger partial charge is 0.346 e. The number of fused-ring (bicyclic) bond motifs is 2. The second-order valence-electron chi connectivity index (χ2n) is 20.4. The fourth-order valence-electron chi connectivity index (χ4n) is 9.62. The summed E-state index contributed by atoms with van der Waals surface area (Å²) in [5, 5.41) is 17.4. The van der Waals surface area contributed by atoms with E-state index in [1.807, 2.05) is 0 Å². The lowest BCUT2D eigenvalue weighted by Crippen LogP contribution is -2.17. The first-order chi connectivity index (χ1) is 40.2. The van der Waals surface area contributed by atoms with Gasteiger partial charge in [0.2, 0.25) is 11.8 Å². The molecule has 424 valence electrons. The van der Waals surface area contributed by atoms with Crippen LogP contribution in [0.5, 0.6) is 22.1 Å². The van der Waals surface area contributed by atoms with Crippen molar-refractivity contribution >= 4 is 56.7 Å². The number of carbonyl (C=O) groups excluding carboxylic acids is 2. The van der Waals surface area contributed by atoms with E-state index in [0.717, 1.165) is 24.3 Å².